The molecule has 0 saturated carbocycles. The van der Waals surface area contributed by atoms with Gasteiger partial charge in [0.1, 0.15) is 0 Å². The van der Waals surface area contributed by atoms with Crippen molar-refractivity contribution >= 4 is 18.3 Å². The van der Waals surface area contributed by atoms with Gasteiger partial charge in [-0.2, -0.15) is 0 Å². The van der Waals surface area contributed by atoms with Crippen molar-refractivity contribution in [3.05, 3.63) is 18.0 Å². The van der Waals surface area contributed by atoms with Gasteiger partial charge in [0.25, 0.3) is 12.4 Å². The number of piperidine rings is 3. The van der Waals surface area contributed by atoms with E-state index in [4.69, 9.17) is 14.6 Å². The van der Waals surface area contributed by atoms with Gasteiger partial charge in [0.15, 0.2) is 0 Å². The SMILES string of the molecule is COc1ncc(C(=O)N2C[C@H]3C[C@@H](C2)[C@H](CN(C)C)N2C(=O)CCC[C@@H]32)cn1.O=CO. The lowest BCUT2D eigenvalue weighted by molar-refractivity contribution is -0.152. The van der Waals surface area contributed by atoms with Gasteiger partial charge >= 0.3 is 6.01 Å². The molecule has 0 spiro atoms. The molecule has 0 unspecified atom stereocenters. The Bertz CT molecular complexity index is 787. The van der Waals surface area contributed by atoms with Crippen molar-refractivity contribution < 1.29 is 24.2 Å². The molecular weight excluding hydrogens is 402 g/mol. The van der Waals surface area contributed by atoms with Crippen LogP contribution in [-0.2, 0) is 9.59 Å². The summed E-state index contributed by atoms with van der Waals surface area (Å²) in [5, 5.41) is 6.89. The van der Waals surface area contributed by atoms with E-state index in [1.165, 1.54) is 19.5 Å². The van der Waals surface area contributed by atoms with Crippen LogP contribution in [0.4, 0.5) is 0 Å². The van der Waals surface area contributed by atoms with Gasteiger partial charge in [-0.1, -0.05) is 0 Å². The molecule has 4 atom stereocenters. The lowest BCUT2D eigenvalue weighted by atomic mass is 9.72. The largest absolute Gasteiger partial charge is 0.483 e. The van der Waals surface area contributed by atoms with E-state index in [0.717, 1.165) is 25.8 Å². The first-order valence-electron chi connectivity index (χ1n) is 10.6. The zero-order valence-corrected chi connectivity index (χ0v) is 18.3. The molecule has 1 aromatic heterocycles. The number of likely N-dealkylation sites (tertiary alicyclic amines) is 1. The second-order valence-electron chi connectivity index (χ2n) is 8.62. The van der Waals surface area contributed by atoms with Crippen LogP contribution >= 0.6 is 0 Å². The summed E-state index contributed by atoms with van der Waals surface area (Å²) in [5.74, 6) is 0.921. The number of carbonyl (C=O) groups excluding carboxylic acids is 2. The third-order valence-electron chi connectivity index (χ3n) is 6.39. The number of carbonyl (C=O) groups is 3. The lowest BCUT2D eigenvalue weighted by Gasteiger charge is -2.57. The molecule has 170 valence electrons. The summed E-state index contributed by atoms with van der Waals surface area (Å²) in [6.07, 6.45) is 6.82. The van der Waals surface area contributed by atoms with Crippen molar-refractivity contribution in [3.8, 4) is 6.01 Å². The number of rotatable bonds is 4. The Hall–Kier alpha value is -2.75. The molecule has 4 rings (SSSR count). The number of likely N-dealkylation sites (N-methyl/N-ethyl adjacent to an activating group) is 1. The van der Waals surface area contributed by atoms with Crippen LogP contribution in [0, 0.1) is 11.8 Å². The van der Waals surface area contributed by atoms with Crippen LogP contribution in [0.3, 0.4) is 0 Å². The highest BCUT2D eigenvalue weighted by Crippen LogP contribution is 2.42. The van der Waals surface area contributed by atoms with Crippen molar-refractivity contribution in [3.63, 3.8) is 0 Å². The van der Waals surface area contributed by atoms with Crippen molar-refractivity contribution in [2.75, 3.05) is 40.8 Å². The Labute approximate surface area is 182 Å². The molecule has 2 bridgehead atoms. The monoisotopic (exact) mass is 433 g/mol. The summed E-state index contributed by atoms with van der Waals surface area (Å²) in [4.78, 5) is 48.6. The minimum atomic E-state index is -0.250. The number of hydrogen-bond donors (Lipinski definition) is 1. The average molecular weight is 434 g/mol. The van der Waals surface area contributed by atoms with Gasteiger partial charge in [-0.15, -0.1) is 0 Å². The van der Waals surface area contributed by atoms with Gasteiger partial charge in [-0.05, 0) is 45.2 Å². The van der Waals surface area contributed by atoms with Gasteiger partial charge in [0.2, 0.25) is 5.91 Å². The maximum atomic E-state index is 13.1. The van der Waals surface area contributed by atoms with E-state index >= 15 is 0 Å². The maximum absolute atomic E-state index is 13.1. The van der Waals surface area contributed by atoms with Crippen LogP contribution < -0.4 is 4.74 Å². The first-order chi connectivity index (χ1) is 14.9. The number of aromatic nitrogens is 2. The fourth-order valence-electron chi connectivity index (χ4n) is 5.26. The summed E-state index contributed by atoms with van der Waals surface area (Å²) < 4.78 is 4.99. The Balaban J connectivity index is 0.000000858. The van der Waals surface area contributed by atoms with Gasteiger partial charge < -0.3 is 24.5 Å². The number of hydrogen-bond acceptors (Lipinski definition) is 7. The number of nitrogens with zero attached hydrogens (tertiary/aromatic N) is 5. The number of ether oxygens (including phenoxy) is 1. The van der Waals surface area contributed by atoms with Crippen LogP contribution in [-0.4, -0.2) is 101 Å². The zero-order chi connectivity index (χ0) is 22.5. The molecule has 4 heterocycles. The van der Waals surface area contributed by atoms with E-state index in [1.54, 1.807) is 0 Å². The van der Waals surface area contributed by atoms with Crippen molar-refractivity contribution in [2.45, 2.75) is 37.8 Å². The predicted molar refractivity (Wildman–Crippen MR) is 112 cm³/mol. The summed E-state index contributed by atoms with van der Waals surface area (Å²) in [6.45, 7) is 1.97. The molecular formula is C21H31N5O5. The Morgan fingerprint density at radius 1 is 1.29 bits per heavy atom. The van der Waals surface area contributed by atoms with Gasteiger partial charge in [0, 0.05) is 50.5 Å². The molecule has 1 N–H and O–H groups in total. The molecule has 3 saturated heterocycles. The highest BCUT2D eigenvalue weighted by atomic mass is 16.5. The van der Waals surface area contributed by atoms with Crippen molar-refractivity contribution in [1.29, 1.82) is 0 Å². The van der Waals surface area contributed by atoms with E-state index in [1.807, 2.05) is 4.90 Å². The van der Waals surface area contributed by atoms with E-state index in [-0.39, 0.29) is 30.5 Å². The molecule has 0 radical (unpaired) electrons. The normalized spacial score (nSPS) is 27.2. The lowest BCUT2D eigenvalue weighted by Crippen LogP contribution is -2.67. The van der Waals surface area contributed by atoms with E-state index in [0.29, 0.717) is 42.8 Å². The minimum Gasteiger partial charge on any atom is -0.483 e. The minimum absolute atomic E-state index is 0.0310. The Morgan fingerprint density at radius 2 is 1.94 bits per heavy atom. The summed E-state index contributed by atoms with van der Waals surface area (Å²) in [6, 6.07) is 0.686. The standard InChI is InChI=1S/C20H29N5O3.CH2O2/c1-23(2)12-17-14-7-13(16-5-4-6-18(26)25(16)17)10-24(11-14)19(27)15-8-21-20(28-3)22-9-15;2-1-3/h8-9,13-14,16-17H,4-7,10-12H2,1-3H3;1H,(H,2,3)/t13-,14+,16+,17+;/m1./s1. The van der Waals surface area contributed by atoms with E-state index in [2.05, 4.69) is 33.9 Å². The van der Waals surface area contributed by atoms with Crippen molar-refractivity contribution in [1.82, 2.24) is 24.7 Å². The molecule has 0 aromatic carbocycles. The van der Waals surface area contributed by atoms with Gasteiger partial charge in [0.05, 0.1) is 12.7 Å². The van der Waals surface area contributed by atoms with Crippen LogP contribution in [0.1, 0.15) is 36.0 Å². The number of carboxylic acid groups (broad SMARTS) is 1. The molecule has 0 aliphatic carbocycles. The Kier molecular flexibility index (Phi) is 7.42. The molecule has 3 fully saturated rings. The van der Waals surface area contributed by atoms with Gasteiger partial charge in [-0.3, -0.25) is 14.4 Å². The average Bonchev–Trinajstić information content (AvgIpc) is 2.76. The molecule has 3 aliphatic rings. The number of fused-ring (bicyclic) bond motifs is 4. The van der Waals surface area contributed by atoms with Crippen LogP contribution in [0.5, 0.6) is 6.01 Å². The fraction of sp³-hybridized carbons (Fsp3) is 0.667. The smallest absolute Gasteiger partial charge is 0.316 e. The first kappa shape index (κ1) is 22.9. The summed E-state index contributed by atoms with van der Waals surface area (Å²) in [5.41, 5.74) is 0.488. The van der Waals surface area contributed by atoms with Crippen LogP contribution in [0.15, 0.2) is 12.4 Å². The quantitative estimate of drug-likeness (QED) is 0.686. The third-order valence-corrected chi connectivity index (χ3v) is 6.39. The van der Waals surface area contributed by atoms with Gasteiger partial charge in [-0.25, -0.2) is 9.97 Å². The topological polar surface area (TPSA) is 116 Å². The predicted octanol–water partition coefficient (Wildman–Crippen LogP) is 0.589. The number of methoxy groups -OCH3 is 1. The maximum Gasteiger partial charge on any atom is 0.316 e. The second kappa shape index (κ2) is 10.0. The van der Waals surface area contributed by atoms with Crippen LogP contribution in [0.25, 0.3) is 0 Å². The third kappa shape index (κ3) is 4.95. The summed E-state index contributed by atoms with van der Waals surface area (Å²) in [7, 11) is 5.61. The van der Waals surface area contributed by atoms with E-state index < -0.39 is 0 Å². The Morgan fingerprint density at radius 3 is 2.55 bits per heavy atom. The molecule has 10 heteroatoms. The van der Waals surface area contributed by atoms with Crippen LogP contribution in [0.2, 0.25) is 0 Å². The molecule has 3 aliphatic heterocycles. The highest BCUT2D eigenvalue weighted by Gasteiger charge is 2.50. The number of amides is 2. The first-order valence-corrected chi connectivity index (χ1v) is 10.6. The fourth-order valence-corrected chi connectivity index (χ4v) is 5.26. The van der Waals surface area contributed by atoms with E-state index in [9.17, 15) is 9.59 Å². The second-order valence-corrected chi connectivity index (χ2v) is 8.62. The summed E-state index contributed by atoms with van der Waals surface area (Å²) >= 11 is 0. The highest BCUT2D eigenvalue weighted by molar-refractivity contribution is 5.93. The molecule has 31 heavy (non-hydrogen) atoms. The molecule has 10 nitrogen and oxygen atoms in total. The van der Waals surface area contributed by atoms with Crippen molar-refractivity contribution in [2.24, 2.45) is 11.8 Å². The molecule has 2 amide bonds. The zero-order valence-electron chi connectivity index (χ0n) is 18.3. The molecule has 1 aromatic rings.